The summed E-state index contributed by atoms with van der Waals surface area (Å²) in [6.45, 7) is 6.49. The van der Waals surface area contributed by atoms with Gasteiger partial charge >= 0.3 is 0 Å². The fourth-order valence-electron chi connectivity index (χ4n) is 1.17. The lowest BCUT2D eigenvalue weighted by Gasteiger charge is -2.18. The SMILES string of the molecule is CC(C)(C)SCc1cccc(N)c1C#N. The zero-order valence-corrected chi connectivity index (χ0v) is 10.2. The summed E-state index contributed by atoms with van der Waals surface area (Å²) in [4.78, 5) is 0. The molecule has 0 saturated carbocycles. The zero-order chi connectivity index (χ0) is 11.5. The van der Waals surface area contributed by atoms with E-state index >= 15 is 0 Å². The third-order valence-electron chi connectivity index (χ3n) is 1.96. The van der Waals surface area contributed by atoms with Gasteiger partial charge in [0.25, 0.3) is 0 Å². The molecule has 0 spiro atoms. The van der Waals surface area contributed by atoms with Crippen LogP contribution in [0.3, 0.4) is 0 Å². The van der Waals surface area contributed by atoms with E-state index in [1.165, 1.54) is 0 Å². The molecule has 0 saturated heterocycles. The lowest BCUT2D eigenvalue weighted by Crippen LogP contribution is -2.08. The number of thioether (sulfide) groups is 1. The standard InChI is InChI=1S/C12H16N2S/c1-12(2,3)15-8-9-5-4-6-11(14)10(9)7-13/h4-6H,8,14H2,1-3H3. The number of anilines is 1. The molecule has 0 aliphatic rings. The topological polar surface area (TPSA) is 49.8 Å². The first kappa shape index (κ1) is 11.9. The molecule has 80 valence electrons. The molecule has 0 aliphatic carbocycles. The van der Waals surface area contributed by atoms with Crippen molar-refractivity contribution in [3.05, 3.63) is 29.3 Å². The van der Waals surface area contributed by atoms with Gasteiger partial charge in [0.15, 0.2) is 0 Å². The van der Waals surface area contributed by atoms with Crippen molar-refractivity contribution in [2.75, 3.05) is 5.73 Å². The van der Waals surface area contributed by atoms with Crippen LogP contribution in [-0.4, -0.2) is 4.75 Å². The average molecular weight is 220 g/mol. The maximum Gasteiger partial charge on any atom is 0.102 e. The Morgan fingerprint density at radius 2 is 2.07 bits per heavy atom. The maximum absolute atomic E-state index is 8.99. The molecule has 2 nitrogen and oxygen atoms in total. The minimum Gasteiger partial charge on any atom is -0.398 e. The second kappa shape index (κ2) is 4.59. The third-order valence-corrected chi connectivity index (χ3v) is 3.28. The van der Waals surface area contributed by atoms with Crippen molar-refractivity contribution in [3.63, 3.8) is 0 Å². The Labute approximate surface area is 95.5 Å². The fourth-order valence-corrected chi connectivity index (χ4v) is 2.00. The Kier molecular flexibility index (Phi) is 3.65. The molecule has 0 radical (unpaired) electrons. The molecule has 0 aliphatic heterocycles. The Morgan fingerprint density at radius 1 is 1.40 bits per heavy atom. The van der Waals surface area contributed by atoms with Gasteiger partial charge in [-0.05, 0) is 11.6 Å². The van der Waals surface area contributed by atoms with Gasteiger partial charge in [0, 0.05) is 16.2 Å². The Balaban J connectivity index is 2.87. The number of benzene rings is 1. The molecule has 1 rings (SSSR count). The molecular weight excluding hydrogens is 204 g/mol. The number of hydrogen-bond acceptors (Lipinski definition) is 3. The maximum atomic E-state index is 8.99. The monoisotopic (exact) mass is 220 g/mol. The number of rotatable bonds is 2. The van der Waals surface area contributed by atoms with Crippen LogP contribution in [0.2, 0.25) is 0 Å². The fraction of sp³-hybridized carbons (Fsp3) is 0.417. The van der Waals surface area contributed by atoms with Crippen molar-refractivity contribution < 1.29 is 0 Å². The van der Waals surface area contributed by atoms with Crippen LogP contribution in [0.25, 0.3) is 0 Å². The first-order valence-electron chi connectivity index (χ1n) is 4.85. The summed E-state index contributed by atoms with van der Waals surface area (Å²) >= 11 is 1.82. The van der Waals surface area contributed by atoms with Gasteiger partial charge in [0.2, 0.25) is 0 Å². The Hall–Kier alpha value is -1.14. The van der Waals surface area contributed by atoms with Crippen molar-refractivity contribution in [1.82, 2.24) is 0 Å². The van der Waals surface area contributed by atoms with Gasteiger partial charge in [-0.25, -0.2) is 0 Å². The first-order chi connectivity index (χ1) is 6.94. The van der Waals surface area contributed by atoms with Crippen LogP contribution in [-0.2, 0) is 5.75 Å². The quantitative estimate of drug-likeness (QED) is 0.779. The largest absolute Gasteiger partial charge is 0.398 e. The Bertz CT molecular complexity index is 386. The van der Waals surface area contributed by atoms with Gasteiger partial charge < -0.3 is 5.73 Å². The van der Waals surface area contributed by atoms with E-state index in [1.807, 2.05) is 23.9 Å². The summed E-state index contributed by atoms with van der Waals surface area (Å²) in [6, 6.07) is 7.79. The molecule has 0 amide bonds. The van der Waals surface area contributed by atoms with Gasteiger partial charge in [-0.3, -0.25) is 0 Å². The predicted molar refractivity (Wildman–Crippen MR) is 66.6 cm³/mol. The first-order valence-corrected chi connectivity index (χ1v) is 5.84. The van der Waals surface area contributed by atoms with Crippen LogP contribution in [0, 0.1) is 11.3 Å². The highest BCUT2D eigenvalue weighted by Crippen LogP contribution is 2.29. The normalized spacial score (nSPS) is 11.1. The summed E-state index contributed by atoms with van der Waals surface area (Å²) in [5.74, 6) is 0.831. The molecule has 1 aromatic carbocycles. The van der Waals surface area contributed by atoms with Gasteiger partial charge in [-0.2, -0.15) is 17.0 Å². The highest BCUT2D eigenvalue weighted by atomic mass is 32.2. The van der Waals surface area contributed by atoms with Gasteiger partial charge in [0.1, 0.15) is 6.07 Å². The van der Waals surface area contributed by atoms with Crippen LogP contribution in [0.15, 0.2) is 18.2 Å². The molecule has 2 N–H and O–H groups in total. The lowest BCUT2D eigenvalue weighted by molar-refractivity contribution is 0.802. The summed E-state index contributed by atoms with van der Waals surface area (Å²) in [5.41, 5.74) is 7.96. The van der Waals surface area contributed by atoms with Gasteiger partial charge in [-0.1, -0.05) is 32.9 Å². The van der Waals surface area contributed by atoms with E-state index < -0.39 is 0 Å². The Morgan fingerprint density at radius 3 is 2.60 bits per heavy atom. The number of nitrogens with zero attached hydrogens (tertiary/aromatic N) is 1. The number of nitrogen functional groups attached to an aromatic ring is 1. The minimum absolute atomic E-state index is 0.206. The number of nitrogens with two attached hydrogens (primary N) is 1. The van der Waals surface area contributed by atoms with E-state index in [0.29, 0.717) is 11.3 Å². The van der Waals surface area contributed by atoms with Crippen LogP contribution in [0.1, 0.15) is 31.9 Å². The van der Waals surface area contributed by atoms with Crippen LogP contribution >= 0.6 is 11.8 Å². The average Bonchev–Trinajstić information content (AvgIpc) is 2.13. The molecule has 0 atom stereocenters. The van der Waals surface area contributed by atoms with Gasteiger partial charge in [0.05, 0.1) is 5.56 Å². The van der Waals surface area contributed by atoms with E-state index in [2.05, 4.69) is 26.8 Å². The predicted octanol–water partition coefficient (Wildman–Crippen LogP) is 3.17. The van der Waals surface area contributed by atoms with E-state index in [1.54, 1.807) is 6.07 Å². The van der Waals surface area contributed by atoms with E-state index in [-0.39, 0.29) is 4.75 Å². The van der Waals surface area contributed by atoms with E-state index in [9.17, 15) is 0 Å². The molecule has 0 aromatic heterocycles. The van der Waals surface area contributed by atoms with Crippen LogP contribution in [0.4, 0.5) is 5.69 Å². The smallest absolute Gasteiger partial charge is 0.102 e. The molecule has 0 unspecified atom stereocenters. The van der Waals surface area contributed by atoms with Crippen LogP contribution in [0.5, 0.6) is 0 Å². The lowest BCUT2D eigenvalue weighted by atomic mass is 10.1. The molecule has 0 heterocycles. The van der Waals surface area contributed by atoms with E-state index in [4.69, 9.17) is 11.0 Å². The molecule has 1 aromatic rings. The van der Waals surface area contributed by atoms with Crippen molar-refractivity contribution in [1.29, 1.82) is 5.26 Å². The zero-order valence-electron chi connectivity index (χ0n) is 9.37. The van der Waals surface area contributed by atoms with Crippen molar-refractivity contribution >= 4 is 17.4 Å². The van der Waals surface area contributed by atoms with Crippen molar-refractivity contribution in [3.8, 4) is 6.07 Å². The minimum atomic E-state index is 0.206. The summed E-state index contributed by atoms with van der Waals surface area (Å²) in [7, 11) is 0. The second-order valence-electron chi connectivity index (χ2n) is 4.39. The van der Waals surface area contributed by atoms with Crippen LogP contribution < -0.4 is 5.73 Å². The molecule has 0 fully saturated rings. The summed E-state index contributed by atoms with van der Waals surface area (Å²) in [6.07, 6.45) is 0. The third kappa shape index (κ3) is 3.49. The molecule has 3 heteroatoms. The molecular formula is C12H16N2S. The van der Waals surface area contributed by atoms with Gasteiger partial charge in [-0.15, -0.1) is 0 Å². The molecule has 0 bridgehead atoms. The summed E-state index contributed by atoms with van der Waals surface area (Å²) in [5, 5.41) is 8.99. The molecule has 15 heavy (non-hydrogen) atoms. The number of nitriles is 1. The highest BCUT2D eigenvalue weighted by molar-refractivity contribution is 7.99. The van der Waals surface area contributed by atoms with E-state index in [0.717, 1.165) is 11.3 Å². The highest BCUT2D eigenvalue weighted by Gasteiger charge is 2.13. The van der Waals surface area contributed by atoms with Crippen molar-refractivity contribution in [2.24, 2.45) is 0 Å². The second-order valence-corrected chi connectivity index (χ2v) is 6.20. The van der Waals surface area contributed by atoms with Crippen molar-refractivity contribution in [2.45, 2.75) is 31.3 Å². The number of hydrogen-bond donors (Lipinski definition) is 1. The summed E-state index contributed by atoms with van der Waals surface area (Å²) < 4.78 is 0.206.